The Kier molecular flexibility index (Phi) is 10.1. The van der Waals surface area contributed by atoms with Gasteiger partial charge >= 0.3 is 0 Å². The van der Waals surface area contributed by atoms with Crippen molar-refractivity contribution in [3.05, 3.63) is 260 Å². The molecule has 0 unspecified atom stereocenters. The third-order valence-corrected chi connectivity index (χ3v) is 17.6. The first-order chi connectivity index (χ1) is 31.3. The number of para-hydroxylation sites is 3. The monoisotopic (exact) mass is 822 g/mol. The summed E-state index contributed by atoms with van der Waals surface area (Å²) < 4.78 is 2.37. The number of anilines is 3. The van der Waals surface area contributed by atoms with Gasteiger partial charge in [0.05, 0.1) is 16.7 Å². The maximum atomic E-state index is 2.50. The van der Waals surface area contributed by atoms with E-state index in [4.69, 9.17) is 0 Å². The summed E-state index contributed by atoms with van der Waals surface area (Å²) in [4.78, 5) is 2.43. The average molecular weight is 823 g/mol. The maximum absolute atomic E-state index is 2.64. The molecule has 0 N–H and O–H groups in total. The summed E-state index contributed by atoms with van der Waals surface area (Å²) in [5.41, 5.74) is 11.7. The van der Waals surface area contributed by atoms with Crippen molar-refractivity contribution in [3.8, 4) is 27.9 Å². The highest BCUT2D eigenvalue weighted by Crippen LogP contribution is 2.41. The summed E-state index contributed by atoms with van der Waals surface area (Å²) in [6, 6.07) is 87.0. The second kappa shape index (κ2) is 16.6. The molecule has 2 nitrogen and oxygen atoms in total. The van der Waals surface area contributed by atoms with Crippen molar-refractivity contribution >= 4 is 62.5 Å². The fourth-order valence-corrected chi connectivity index (χ4v) is 14.8. The Morgan fingerprint density at radius 3 is 1.43 bits per heavy atom. The van der Waals surface area contributed by atoms with E-state index < -0.39 is 8.07 Å². The van der Waals surface area contributed by atoms with Gasteiger partial charge in [0.2, 0.25) is 0 Å². The zero-order chi connectivity index (χ0) is 42.0. The number of benzene rings is 9. The molecule has 1 aromatic heterocycles. The van der Waals surface area contributed by atoms with Crippen LogP contribution in [0, 0.1) is 0 Å². The van der Waals surface area contributed by atoms with Crippen LogP contribution in [-0.2, 0) is 0 Å². The second-order valence-corrected chi connectivity index (χ2v) is 20.2. The van der Waals surface area contributed by atoms with Crippen LogP contribution in [0.15, 0.2) is 260 Å². The maximum Gasteiger partial charge on any atom is 0.179 e. The molecule has 1 aliphatic carbocycles. The van der Waals surface area contributed by atoms with Crippen LogP contribution in [0.2, 0.25) is 0 Å². The van der Waals surface area contributed by atoms with Crippen molar-refractivity contribution in [1.82, 2.24) is 4.57 Å². The van der Waals surface area contributed by atoms with Crippen LogP contribution < -0.4 is 20.5 Å². The highest BCUT2D eigenvalue weighted by molar-refractivity contribution is 7.16. The third-order valence-electron chi connectivity index (χ3n) is 12.8. The van der Waals surface area contributed by atoms with E-state index in [0.29, 0.717) is 0 Å². The molecule has 3 heteroatoms. The predicted molar refractivity (Wildman–Crippen MR) is 270 cm³/mol. The minimum absolute atomic E-state index is 1.06. The highest BCUT2D eigenvalue weighted by atomic mass is 28.3. The van der Waals surface area contributed by atoms with Gasteiger partial charge in [0.15, 0.2) is 8.07 Å². The molecule has 0 fully saturated rings. The minimum atomic E-state index is -2.64. The molecule has 0 saturated carbocycles. The molecule has 0 radical (unpaired) electrons. The van der Waals surface area contributed by atoms with Crippen LogP contribution in [0.1, 0.15) is 12.8 Å². The van der Waals surface area contributed by atoms with Crippen LogP contribution in [-0.4, -0.2) is 12.6 Å². The van der Waals surface area contributed by atoms with Gasteiger partial charge in [-0.05, 0) is 105 Å². The Hall–Kier alpha value is -7.72. The van der Waals surface area contributed by atoms with Gasteiger partial charge in [0.1, 0.15) is 0 Å². The van der Waals surface area contributed by atoms with Crippen LogP contribution >= 0.6 is 0 Å². The molecular weight excluding hydrogens is 777 g/mol. The largest absolute Gasteiger partial charge is 0.310 e. The number of nitrogens with zero attached hydrogens (tertiary/aromatic N) is 2. The van der Waals surface area contributed by atoms with Gasteiger partial charge in [-0.15, -0.1) is 0 Å². The van der Waals surface area contributed by atoms with E-state index >= 15 is 0 Å². The molecule has 0 saturated heterocycles. The smallest absolute Gasteiger partial charge is 0.179 e. The first-order valence-electron chi connectivity index (χ1n) is 22.0. The van der Waals surface area contributed by atoms with E-state index in [1.807, 2.05) is 0 Å². The quantitative estimate of drug-likeness (QED) is 0.0985. The number of rotatable bonds is 10. The molecule has 0 amide bonds. The zero-order valence-corrected chi connectivity index (χ0v) is 36.1. The lowest BCUT2D eigenvalue weighted by Gasteiger charge is -2.36. The van der Waals surface area contributed by atoms with Crippen LogP contribution in [0.25, 0.3) is 49.7 Å². The summed E-state index contributed by atoms with van der Waals surface area (Å²) >= 11 is 0. The van der Waals surface area contributed by atoms with Crippen molar-refractivity contribution in [2.75, 3.05) is 4.90 Å². The Balaban J connectivity index is 1.01. The normalized spacial score (nSPS) is 12.7. The van der Waals surface area contributed by atoms with Gasteiger partial charge in [0.25, 0.3) is 0 Å². The average Bonchev–Trinajstić information content (AvgIpc) is 3.71. The summed E-state index contributed by atoms with van der Waals surface area (Å²) in [7, 11) is -2.64. The lowest BCUT2D eigenvalue weighted by molar-refractivity contribution is 1.03. The summed E-state index contributed by atoms with van der Waals surface area (Å²) in [6.45, 7) is 0. The second-order valence-electron chi connectivity index (χ2n) is 16.4. The topological polar surface area (TPSA) is 8.17 Å². The Morgan fingerprint density at radius 1 is 0.381 bits per heavy atom. The summed E-state index contributed by atoms with van der Waals surface area (Å²) in [5, 5.41) is 8.15. The first-order valence-corrected chi connectivity index (χ1v) is 24.0. The molecule has 63 heavy (non-hydrogen) atoms. The van der Waals surface area contributed by atoms with Gasteiger partial charge in [-0.25, -0.2) is 0 Å². The summed E-state index contributed by atoms with van der Waals surface area (Å²) in [6.07, 6.45) is 9.42. The summed E-state index contributed by atoms with van der Waals surface area (Å²) in [5.74, 6) is 0. The molecule has 0 aliphatic heterocycles. The number of aromatic nitrogens is 1. The zero-order valence-electron chi connectivity index (χ0n) is 35.1. The molecule has 0 atom stereocenters. The third kappa shape index (κ3) is 6.84. The van der Waals surface area contributed by atoms with Crippen molar-refractivity contribution in [2.24, 2.45) is 0 Å². The molecule has 1 heterocycles. The number of fused-ring (bicyclic) bond motifs is 3. The number of allylic oxidation sites excluding steroid dienone is 4. The van der Waals surface area contributed by atoms with Gasteiger partial charge < -0.3 is 9.47 Å². The van der Waals surface area contributed by atoms with Crippen LogP contribution in [0.4, 0.5) is 17.1 Å². The Labute approximate surface area is 371 Å². The minimum Gasteiger partial charge on any atom is -0.310 e. The van der Waals surface area contributed by atoms with Crippen LogP contribution in [0.3, 0.4) is 0 Å². The van der Waals surface area contributed by atoms with Crippen molar-refractivity contribution in [3.63, 3.8) is 0 Å². The molecule has 1 aliphatic rings. The highest BCUT2D eigenvalue weighted by Gasteiger charge is 2.42. The van der Waals surface area contributed by atoms with Crippen molar-refractivity contribution in [1.29, 1.82) is 0 Å². The Bertz CT molecular complexity index is 3150. The van der Waals surface area contributed by atoms with Crippen molar-refractivity contribution in [2.45, 2.75) is 12.8 Å². The van der Waals surface area contributed by atoms with E-state index in [1.54, 1.807) is 0 Å². The van der Waals surface area contributed by atoms with Gasteiger partial charge in [-0.2, -0.15) is 0 Å². The molecule has 10 aromatic rings. The lowest BCUT2D eigenvalue weighted by Crippen LogP contribution is -2.68. The molecule has 9 aromatic carbocycles. The van der Waals surface area contributed by atoms with E-state index in [0.717, 1.165) is 35.6 Å². The molecular formula is C60H46N2Si. The van der Waals surface area contributed by atoms with Crippen LogP contribution in [0.5, 0.6) is 0 Å². The predicted octanol–water partition coefficient (Wildman–Crippen LogP) is 13.9. The van der Waals surface area contributed by atoms with E-state index in [1.165, 1.54) is 64.8 Å². The SMILES string of the molecule is C1=CC([Si](c2ccccc2)(c2ccccc2)c2ccc(N(c3ccc(-c4ccc(-n5c6ccccc6c6ccccc65)cc4)cc3)c3ccccc3-c3ccccc3)cc2)=CCC1. The number of hydrogen-bond acceptors (Lipinski definition) is 1. The van der Waals surface area contributed by atoms with Gasteiger partial charge in [0, 0.05) is 33.4 Å². The fraction of sp³-hybridized carbons (Fsp3) is 0.0333. The van der Waals surface area contributed by atoms with Crippen molar-refractivity contribution < 1.29 is 0 Å². The van der Waals surface area contributed by atoms with Gasteiger partial charge in [-0.1, -0.05) is 200 Å². The first kappa shape index (κ1) is 38.2. The Morgan fingerprint density at radius 2 is 0.857 bits per heavy atom. The molecule has 0 spiro atoms. The van der Waals surface area contributed by atoms with E-state index in [9.17, 15) is 0 Å². The molecule has 300 valence electrons. The molecule has 11 rings (SSSR count). The number of hydrogen-bond donors (Lipinski definition) is 0. The fourth-order valence-electron chi connectivity index (χ4n) is 9.89. The van der Waals surface area contributed by atoms with E-state index in [2.05, 4.69) is 264 Å². The van der Waals surface area contributed by atoms with E-state index in [-0.39, 0.29) is 0 Å². The lowest BCUT2D eigenvalue weighted by atomic mass is 10.0. The molecule has 0 bridgehead atoms. The van der Waals surface area contributed by atoms with Gasteiger partial charge in [-0.3, -0.25) is 0 Å². The standard InChI is InChI=1S/C60H46N2Si/c1-5-19-47(20-6-1)55-27-13-16-30-58(55)61(49-41-43-54(44-42-49)63(51-21-7-2-8-22-51,52-23-9-3-10-24-52)53-25-11-4-12-26-53)48-37-33-45(34-38-48)46-35-39-50(40-36-46)62-59-31-17-14-28-56(59)57-29-15-18-32-60(57)62/h1-3,5-11,13-44H,4,12H2.